The summed E-state index contributed by atoms with van der Waals surface area (Å²) in [4.78, 5) is 45.5. The summed E-state index contributed by atoms with van der Waals surface area (Å²) < 4.78 is 10.4. The van der Waals surface area contributed by atoms with E-state index in [-0.39, 0.29) is 24.3 Å². The number of likely N-dealkylation sites (tertiary alicyclic amines) is 1. The summed E-state index contributed by atoms with van der Waals surface area (Å²) in [6.07, 6.45) is 0.943. The van der Waals surface area contributed by atoms with Crippen molar-refractivity contribution >= 4 is 29.1 Å². The fraction of sp³-hybridized carbons (Fsp3) is 0.300. The smallest absolute Gasteiger partial charge is 0.253 e. The van der Waals surface area contributed by atoms with Gasteiger partial charge in [-0.25, -0.2) is 0 Å². The lowest BCUT2D eigenvalue weighted by Gasteiger charge is -2.43. The van der Waals surface area contributed by atoms with E-state index in [1.54, 1.807) is 72.6 Å². The molecule has 2 heterocycles. The van der Waals surface area contributed by atoms with E-state index in [9.17, 15) is 14.4 Å². The van der Waals surface area contributed by atoms with E-state index < -0.39 is 5.54 Å². The van der Waals surface area contributed by atoms with Gasteiger partial charge in [0.2, 0.25) is 5.91 Å². The molecular weight excluding hydrogens is 496 g/mol. The Bertz CT molecular complexity index is 1320. The third-order valence-corrected chi connectivity index (χ3v) is 7.51. The first-order chi connectivity index (χ1) is 18.9. The molecule has 1 N–H and O–H groups in total. The van der Waals surface area contributed by atoms with Crippen molar-refractivity contribution in [2.75, 3.05) is 50.7 Å². The van der Waals surface area contributed by atoms with Crippen molar-refractivity contribution in [3.05, 3.63) is 84.4 Å². The highest BCUT2D eigenvalue weighted by atomic mass is 16.5. The zero-order valence-corrected chi connectivity index (χ0v) is 22.1. The molecule has 0 aromatic heterocycles. The number of amides is 3. The summed E-state index contributed by atoms with van der Waals surface area (Å²) in [7, 11) is 3.17. The number of benzene rings is 3. The molecule has 202 valence electrons. The maximum atomic E-state index is 13.9. The third kappa shape index (κ3) is 5.25. The van der Waals surface area contributed by atoms with Crippen LogP contribution in [0.5, 0.6) is 11.5 Å². The topological polar surface area (TPSA) is 91.4 Å². The molecule has 2 aliphatic heterocycles. The lowest BCUT2D eigenvalue weighted by molar-refractivity contribution is -0.136. The number of anilines is 2. The van der Waals surface area contributed by atoms with Crippen molar-refractivity contribution in [1.82, 2.24) is 9.80 Å². The number of nitrogens with one attached hydrogen (secondary N) is 1. The summed E-state index contributed by atoms with van der Waals surface area (Å²) in [5.41, 5.74) is 1.31. The molecule has 2 saturated heterocycles. The van der Waals surface area contributed by atoms with Crippen LogP contribution in [0.3, 0.4) is 0 Å². The van der Waals surface area contributed by atoms with E-state index in [0.717, 1.165) is 5.69 Å². The van der Waals surface area contributed by atoms with Gasteiger partial charge in [0.05, 0.1) is 20.9 Å². The maximum absolute atomic E-state index is 13.9. The Kier molecular flexibility index (Phi) is 7.40. The van der Waals surface area contributed by atoms with Gasteiger partial charge in [-0.1, -0.05) is 18.2 Å². The van der Waals surface area contributed by atoms with Gasteiger partial charge in [0, 0.05) is 30.0 Å². The van der Waals surface area contributed by atoms with Gasteiger partial charge in [-0.05, 0) is 73.5 Å². The lowest BCUT2D eigenvalue weighted by atomic mass is 9.85. The molecule has 0 unspecified atom stereocenters. The van der Waals surface area contributed by atoms with E-state index in [1.165, 1.54) is 0 Å². The summed E-state index contributed by atoms with van der Waals surface area (Å²) in [6.45, 7) is 1.10. The molecular formula is C30H32N4O5. The number of hydrogen-bond donors (Lipinski definition) is 1. The number of nitrogens with zero attached hydrogens (tertiary/aromatic N) is 3. The van der Waals surface area contributed by atoms with Crippen molar-refractivity contribution in [2.45, 2.75) is 18.4 Å². The molecule has 3 amide bonds. The van der Waals surface area contributed by atoms with Crippen LogP contribution in [0, 0.1) is 0 Å². The molecule has 1 spiro atoms. The Morgan fingerprint density at radius 1 is 0.846 bits per heavy atom. The van der Waals surface area contributed by atoms with E-state index in [4.69, 9.17) is 9.47 Å². The average molecular weight is 529 g/mol. The minimum absolute atomic E-state index is 0.0650. The van der Waals surface area contributed by atoms with Gasteiger partial charge in [0.15, 0.2) is 0 Å². The first-order valence-corrected chi connectivity index (χ1v) is 12.9. The second-order valence-electron chi connectivity index (χ2n) is 9.74. The van der Waals surface area contributed by atoms with Gasteiger partial charge in [0.25, 0.3) is 11.8 Å². The Labute approximate surface area is 227 Å². The van der Waals surface area contributed by atoms with Crippen LogP contribution in [0.1, 0.15) is 23.2 Å². The molecule has 2 fully saturated rings. The SMILES string of the molecule is COc1ccc(NC(=O)CN2CN(c3ccccc3)C3(CCN(C(=O)c4ccc(OC)cc4)CC3)C2=O)cc1. The number of carbonyl (C=O) groups excluding carboxylic acids is 3. The standard InChI is InChI=1S/C30H32N4O5/c1-38-25-12-8-22(9-13-25)28(36)32-18-16-30(17-19-32)29(37)33(21-34(30)24-6-4-3-5-7-24)20-27(35)31-23-10-14-26(39-2)15-11-23/h3-15H,16-21H2,1-2H3,(H,31,35). The lowest BCUT2D eigenvalue weighted by Crippen LogP contribution is -2.57. The van der Waals surface area contributed by atoms with Gasteiger partial charge in [-0.3, -0.25) is 14.4 Å². The monoisotopic (exact) mass is 528 g/mol. The largest absolute Gasteiger partial charge is 0.497 e. The normalized spacial score (nSPS) is 16.4. The third-order valence-electron chi connectivity index (χ3n) is 7.51. The molecule has 0 aliphatic carbocycles. The van der Waals surface area contributed by atoms with Crippen LogP contribution < -0.4 is 19.7 Å². The minimum Gasteiger partial charge on any atom is -0.497 e. The second kappa shape index (κ2) is 11.1. The van der Waals surface area contributed by atoms with Crippen LogP contribution in [0.2, 0.25) is 0 Å². The van der Waals surface area contributed by atoms with E-state index in [0.29, 0.717) is 55.3 Å². The number of rotatable bonds is 7. The maximum Gasteiger partial charge on any atom is 0.253 e. The highest BCUT2D eigenvalue weighted by Crippen LogP contribution is 2.39. The highest BCUT2D eigenvalue weighted by molar-refractivity contribution is 6.00. The molecule has 0 atom stereocenters. The Morgan fingerprint density at radius 3 is 2.03 bits per heavy atom. The van der Waals surface area contributed by atoms with E-state index in [2.05, 4.69) is 10.2 Å². The zero-order chi connectivity index (χ0) is 27.4. The zero-order valence-electron chi connectivity index (χ0n) is 22.1. The molecule has 3 aromatic rings. The summed E-state index contributed by atoms with van der Waals surface area (Å²) in [5, 5.41) is 2.87. The molecule has 9 nitrogen and oxygen atoms in total. The van der Waals surface area contributed by atoms with Crippen LogP contribution in [0.25, 0.3) is 0 Å². The van der Waals surface area contributed by atoms with Gasteiger partial charge >= 0.3 is 0 Å². The van der Waals surface area contributed by atoms with Crippen LogP contribution >= 0.6 is 0 Å². The minimum atomic E-state index is -0.821. The van der Waals surface area contributed by atoms with Crippen molar-refractivity contribution < 1.29 is 23.9 Å². The van der Waals surface area contributed by atoms with Crippen molar-refractivity contribution in [1.29, 1.82) is 0 Å². The Balaban J connectivity index is 1.31. The number of methoxy groups -OCH3 is 2. The van der Waals surface area contributed by atoms with Gasteiger partial charge in [0.1, 0.15) is 23.6 Å². The van der Waals surface area contributed by atoms with Crippen LogP contribution in [0.4, 0.5) is 11.4 Å². The predicted octanol–water partition coefficient (Wildman–Crippen LogP) is 3.62. The van der Waals surface area contributed by atoms with Gasteiger partial charge in [-0.2, -0.15) is 0 Å². The molecule has 0 radical (unpaired) electrons. The summed E-state index contributed by atoms with van der Waals surface area (Å²) >= 11 is 0. The number of piperidine rings is 1. The van der Waals surface area contributed by atoms with Gasteiger partial charge in [-0.15, -0.1) is 0 Å². The molecule has 0 bridgehead atoms. The first-order valence-electron chi connectivity index (χ1n) is 12.9. The molecule has 2 aliphatic rings. The quantitative estimate of drug-likeness (QED) is 0.504. The Hall–Kier alpha value is -4.53. The number of ether oxygens (including phenoxy) is 2. The predicted molar refractivity (Wildman–Crippen MR) is 148 cm³/mol. The summed E-state index contributed by atoms with van der Waals surface area (Å²) in [6, 6.07) is 23.9. The second-order valence-corrected chi connectivity index (χ2v) is 9.74. The van der Waals surface area contributed by atoms with Crippen molar-refractivity contribution in [3.8, 4) is 11.5 Å². The van der Waals surface area contributed by atoms with Crippen LogP contribution in [-0.2, 0) is 9.59 Å². The fourth-order valence-corrected chi connectivity index (χ4v) is 5.37. The highest BCUT2D eigenvalue weighted by Gasteiger charge is 2.54. The van der Waals surface area contributed by atoms with Crippen LogP contribution in [-0.4, -0.2) is 73.6 Å². The van der Waals surface area contributed by atoms with Crippen LogP contribution in [0.15, 0.2) is 78.9 Å². The van der Waals surface area contributed by atoms with E-state index in [1.807, 2.05) is 30.3 Å². The molecule has 39 heavy (non-hydrogen) atoms. The molecule has 5 rings (SSSR count). The average Bonchev–Trinajstić information content (AvgIpc) is 3.24. The number of para-hydroxylation sites is 1. The van der Waals surface area contributed by atoms with Crippen molar-refractivity contribution in [2.24, 2.45) is 0 Å². The summed E-state index contributed by atoms with van der Waals surface area (Å²) in [5.74, 6) is 0.953. The molecule has 9 heteroatoms. The number of carbonyl (C=O) groups is 3. The van der Waals surface area contributed by atoms with Crippen molar-refractivity contribution in [3.63, 3.8) is 0 Å². The van der Waals surface area contributed by atoms with Gasteiger partial charge < -0.3 is 29.5 Å². The number of hydrogen-bond acceptors (Lipinski definition) is 6. The molecule has 0 saturated carbocycles. The van der Waals surface area contributed by atoms with E-state index >= 15 is 0 Å². The fourth-order valence-electron chi connectivity index (χ4n) is 5.37. The Morgan fingerprint density at radius 2 is 1.44 bits per heavy atom. The molecule has 3 aromatic carbocycles. The first kappa shape index (κ1) is 26.1.